The third kappa shape index (κ3) is 2.47. The Morgan fingerprint density at radius 3 is 2.78 bits per heavy atom. The number of nitrogen functional groups attached to an aromatic ring is 1. The second-order valence-corrected chi connectivity index (χ2v) is 4.77. The van der Waals surface area contributed by atoms with Crippen molar-refractivity contribution in [1.29, 1.82) is 5.26 Å². The highest BCUT2D eigenvalue weighted by Gasteiger charge is 2.04. The second-order valence-electron chi connectivity index (χ2n) is 3.98. The molecule has 0 bridgehead atoms. The molecule has 0 spiro atoms. The highest BCUT2D eigenvalue weighted by molar-refractivity contribution is 9.10. The first-order valence-electron chi connectivity index (χ1n) is 5.43. The van der Waals surface area contributed by atoms with E-state index < -0.39 is 0 Å². The number of anilines is 3. The van der Waals surface area contributed by atoms with Crippen LogP contribution in [0.2, 0.25) is 0 Å². The van der Waals surface area contributed by atoms with Crippen molar-refractivity contribution in [2.75, 3.05) is 11.1 Å². The molecular weight excluding hydrogens is 290 g/mol. The minimum absolute atomic E-state index is 0.476. The first-order valence-corrected chi connectivity index (χ1v) is 6.23. The van der Waals surface area contributed by atoms with Gasteiger partial charge >= 0.3 is 0 Å². The zero-order chi connectivity index (χ0) is 13.1. The number of aryl methyl sites for hydroxylation is 1. The summed E-state index contributed by atoms with van der Waals surface area (Å²) in [7, 11) is 0. The summed E-state index contributed by atoms with van der Waals surface area (Å²) in [5.41, 5.74) is 9.61. The number of rotatable bonds is 2. The van der Waals surface area contributed by atoms with Crippen LogP contribution in [-0.4, -0.2) is 0 Å². The lowest BCUT2D eigenvalue weighted by molar-refractivity contribution is 1.41. The second kappa shape index (κ2) is 5.11. The van der Waals surface area contributed by atoms with Crippen LogP contribution in [0.5, 0.6) is 0 Å². The van der Waals surface area contributed by atoms with E-state index in [9.17, 15) is 0 Å². The van der Waals surface area contributed by atoms with Gasteiger partial charge in [0.1, 0.15) is 6.07 Å². The first kappa shape index (κ1) is 12.5. The van der Waals surface area contributed by atoms with Crippen molar-refractivity contribution < 1.29 is 0 Å². The van der Waals surface area contributed by atoms with E-state index in [0.29, 0.717) is 11.3 Å². The normalized spacial score (nSPS) is 9.83. The van der Waals surface area contributed by atoms with E-state index in [0.717, 1.165) is 21.4 Å². The van der Waals surface area contributed by atoms with Crippen LogP contribution in [0.4, 0.5) is 17.1 Å². The maximum absolute atomic E-state index is 8.94. The fraction of sp³-hybridized carbons (Fsp3) is 0.0714. The quantitative estimate of drug-likeness (QED) is 0.826. The van der Waals surface area contributed by atoms with E-state index in [1.54, 1.807) is 12.1 Å². The summed E-state index contributed by atoms with van der Waals surface area (Å²) in [6.07, 6.45) is 0. The number of benzene rings is 2. The molecular formula is C14H12BrN3. The van der Waals surface area contributed by atoms with Crippen molar-refractivity contribution in [3.63, 3.8) is 0 Å². The van der Waals surface area contributed by atoms with Crippen molar-refractivity contribution in [1.82, 2.24) is 0 Å². The van der Waals surface area contributed by atoms with Gasteiger partial charge < -0.3 is 11.1 Å². The van der Waals surface area contributed by atoms with Crippen LogP contribution in [0, 0.1) is 18.3 Å². The van der Waals surface area contributed by atoms with Gasteiger partial charge in [-0.3, -0.25) is 0 Å². The van der Waals surface area contributed by atoms with Gasteiger partial charge in [0.15, 0.2) is 0 Å². The highest BCUT2D eigenvalue weighted by Crippen LogP contribution is 2.29. The fourth-order valence-electron chi connectivity index (χ4n) is 1.63. The number of nitriles is 1. The average Bonchev–Trinajstić information content (AvgIpc) is 2.37. The number of hydrogen-bond acceptors (Lipinski definition) is 3. The van der Waals surface area contributed by atoms with E-state index in [1.165, 1.54) is 0 Å². The lowest BCUT2D eigenvalue weighted by Crippen LogP contribution is -1.95. The lowest BCUT2D eigenvalue weighted by Gasteiger charge is -2.11. The maximum atomic E-state index is 8.94. The first-order chi connectivity index (χ1) is 8.61. The third-order valence-electron chi connectivity index (χ3n) is 2.64. The van der Waals surface area contributed by atoms with Crippen molar-refractivity contribution in [2.45, 2.75) is 6.92 Å². The molecule has 0 radical (unpaired) electrons. The molecule has 0 aliphatic rings. The summed E-state index contributed by atoms with van der Waals surface area (Å²) in [5, 5.41) is 12.2. The van der Waals surface area contributed by atoms with E-state index >= 15 is 0 Å². The van der Waals surface area contributed by atoms with Gasteiger partial charge in [0, 0.05) is 15.8 Å². The molecule has 0 aromatic heterocycles. The van der Waals surface area contributed by atoms with Crippen LogP contribution in [-0.2, 0) is 0 Å². The predicted molar refractivity (Wildman–Crippen MR) is 77.7 cm³/mol. The monoisotopic (exact) mass is 301 g/mol. The molecule has 4 heteroatoms. The van der Waals surface area contributed by atoms with Gasteiger partial charge in [-0.15, -0.1) is 0 Å². The lowest BCUT2D eigenvalue weighted by atomic mass is 10.1. The maximum Gasteiger partial charge on any atom is 0.101 e. The Labute approximate surface area is 114 Å². The number of hydrogen-bond donors (Lipinski definition) is 2. The van der Waals surface area contributed by atoms with Gasteiger partial charge in [0.25, 0.3) is 0 Å². The zero-order valence-electron chi connectivity index (χ0n) is 9.87. The van der Waals surface area contributed by atoms with Crippen molar-refractivity contribution in [3.05, 3.63) is 52.0 Å². The minimum Gasteiger partial charge on any atom is -0.398 e. The van der Waals surface area contributed by atoms with Crippen LogP contribution in [0.1, 0.15) is 11.1 Å². The van der Waals surface area contributed by atoms with Gasteiger partial charge in [0.2, 0.25) is 0 Å². The number of nitrogens with one attached hydrogen (secondary N) is 1. The number of nitrogens with zero attached hydrogens (tertiary/aromatic N) is 1. The number of nitrogens with two attached hydrogens (primary N) is 1. The molecule has 0 amide bonds. The van der Waals surface area contributed by atoms with Crippen LogP contribution < -0.4 is 11.1 Å². The summed E-state index contributed by atoms with van der Waals surface area (Å²) in [4.78, 5) is 0. The highest BCUT2D eigenvalue weighted by atomic mass is 79.9. The molecule has 0 atom stereocenters. The molecule has 3 nitrogen and oxygen atoms in total. The van der Waals surface area contributed by atoms with E-state index in [1.807, 2.05) is 31.2 Å². The summed E-state index contributed by atoms with van der Waals surface area (Å²) < 4.78 is 1.01. The number of halogens is 1. The van der Waals surface area contributed by atoms with Crippen LogP contribution >= 0.6 is 15.9 Å². The Morgan fingerprint density at radius 2 is 2.06 bits per heavy atom. The Hall–Kier alpha value is -1.99. The van der Waals surface area contributed by atoms with Crippen LogP contribution in [0.25, 0.3) is 0 Å². The van der Waals surface area contributed by atoms with Crippen molar-refractivity contribution >= 4 is 33.0 Å². The Kier molecular flexibility index (Phi) is 3.54. The zero-order valence-corrected chi connectivity index (χ0v) is 11.5. The molecule has 2 rings (SSSR count). The van der Waals surface area contributed by atoms with E-state index in [4.69, 9.17) is 11.0 Å². The van der Waals surface area contributed by atoms with Crippen molar-refractivity contribution in [3.8, 4) is 6.07 Å². The Balaban J connectivity index is 2.35. The minimum atomic E-state index is 0.476. The molecule has 0 fully saturated rings. The topological polar surface area (TPSA) is 61.8 Å². The molecule has 0 aliphatic carbocycles. The Morgan fingerprint density at radius 1 is 1.28 bits per heavy atom. The summed E-state index contributed by atoms with van der Waals surface area (Å²) in [5.74, 6) is 0. The predicted octanol–water partition coefficient (Wildman–Crippen LogP) is 3.96. The van der Waals surface area contributed by atoms with E-state index in [-0.39, 0.29) is 0 Å². The van der Waals surface area contributed by atoms with Gasteiger partial charge in [0.05, 0.1) is 11.3 Å². The summed E-state index contributed by atoms with van der Waals surface area (Å²) in [6.45, 7) is 2.03. The van der Waals surface area contributed by atoms with Gasteiger partial charge in [-0.1, -0.05) is 12.1 Å². The van der Waals surface area contributed by atoms with Gasteiger partial charge in [-0.25, -0.2) is 0 Å². The van der Waals surface area contributed by atoms with Crippen LogP contribution in [0.15, 0.2) is 40.9 Å². The summed E-state index contributed by atoms with van der Waals surface area (Å²) in [6, 6.07) is 13.4. The molecule has 0 saturated carbocycles. The van der Waals surface area contributed by atoms with Gasteiger partial charge in [-0.2, -0.15) is 5.26 Å². The molecule has 0 unspecified atom stereocenters. The largest absolute Gasteiger partial charge is 0.398 e. The summed E-state index contributed by atoms with van der Waals surface area (Å²) >= 11 is 3.54. The molecule has 0 saturated heterocycles. The van der Waals surface area contributed by atoms with Crippen LogP contribution in [0.3, 0.4) is 0 Å². The third-order valence-corrected chi connectivity index (χ3v) is 3.70. The molecule has 18 heavy (non-hydrogen) atoms. The standard InChI is InChI=1S/C14H12BrN3/c1-9-3-2-4-13(14(9)15)18-11-5-6-12(17)10(7-11)8-16/h2-7,18H,17H2,1H3. The molecule has 0 aliphatic heterocycles. The van der Waals surface area contributed by atoms with Crippen molar-refractivity contribution in [2.24, 2.45) is 0 Å². The molecule has 3 N–H and O–H groups in total. The molecule has 2 aromatic carbocycles. The van der Waals surface area contributed by atoms with E-state index in [2.05, 4.69) is 27.3 Å². The smallest absolute Gasteiger partial charge is 0.101 e. The molecule has 2 aromatic rings. The Bertz CT molecular complexity index is 629. The molecule has 0 heterocycles. The molecule has 90 valence electrons. The SMILES string of the molecule is Cc1cccc(Nc2ccc(N)c(C#N)c2)c1Br. The average molecular weight is 302 g/mol. The fourth-order valence-corrected chi connectivity index (χ4v) is 1.99. The van der Waals surface area contributed by atoms with Gasteiger partial charge in [-0.05, 0) is 52.7 Å².